The molecule has 1 atom stereocenters. The fourth-order valence-corrected chi connectivity index (χ4v) is 3.39. The van der Waals surface area contributed by atoms with E-state index in [4.69, 9.17) is 5.73 Å². The van der Waals surface area contributed by atoms with Crippen LogP contribution in [0.15, 0.2) is 85.1 Å². The van der Waals surface area contributed by atoms with Crippen molar-refractivity contribution in [3.8, 4) is 28.4 Å². The van der Waals surface area contributed by atoms with Crippen molar-refractivity contribution in [2.24, 2.45) is 5.73 Å². The highest BCUT2D eigenvalue weighted by Crippen LogP contribution is 2.28. The van der Waals surface area contributed by atoms with Crippen molar-refractivity contribution in [1.29, 1.82) is 0 Å². The van der Waals surface area contributed by atoms with E-state index in [9.17, 15) is 18.0 Å². The van der Waals surface area contributed by atoms with Gasteiger partial charge in [-0.3, -0.25) is 4.79 Å². The van der Waals surface area contributed by atoms with E-state index < -0.39 is 12.4 Å². The molecule has 0 aliphatic heterocycles. The minimum Gasteiger partial charge on any atom is -0.406 e. The number of alkyl halides is 3. The second kappa shape index (κ2) is 11.1. The van der Waals surface area contributed by atoms with Gasteiger partial charge in [-0.1, -0.05) is 42.5 Å². The molecule has 3 aromatic carbocycles. The number of nitrogens with one attached hydrogen (secondary N) is 2. The molecule has 1 amide bonds. The number of hydrogen-bond acceptors (Lipinski definition) is 4. The van der Waals surface area contributed by atoms with Crippen LogP contribution < -0.4 is 15.8 Å². The number of aromatic amines is 1. The van der Waals surface area contributed by atoms with Crippen LogP contribution in [0.25, 0.3) is 22.6 Å². The zero-order chi connectivity index (χ0) is 24.1. The predicted molar refractivity (Wildman–Crippen MR) is 130 cm³/mol. The Hall–Kier alpha value is -3.82. The third-order valence-corrected chi connectivity index (χ3v) is 5.01. The number of imidazole rings is 1. The molecule has 0 bridgehead atoms. The lowest BCUT2D eigenvalue weighted by atomic mass is 10.1. The van der Waals surface area contributed by atoms with Crippen molar-refractivity contribution in [2.75, 3.05) is 5.32 Å². The fourth-order valence-electron chi connectivity index (χ4n) is 3.39. The van der Waals surface area contributed by atoms with Gasteiger partial charge in [-0.25, -0.2) is 4.98 Å². The number of carbonyl (C=O) groups is 1. The number of nitrogens with zero attached hydrogens (tertiary/aromatic N) is 1. The molecule has 4 aromatic rings. The van der Waals surface area contributed by atoms with Crippen molar-refractivity contribution in [3.63, 3.8) is 0 Å². The number of rotatable bonds is 7. The molecule has 0 saturated carbocycles. The quantitative estimate of drug-likeness (QED) is 0.308. The van der Waals surface area contributed by atoms with E-state index in [1.807, 2.05) is 36.4 Å². The van der Waals surface area contributed by atoms with Crippen LogP contribution in [-0.4, -0.2) is 28.3 Å². The molecule has 0 unspecified atom stereocenters. The molecule has 0 saturated heterocycles. The molecule has 4 rings (SSSR count). The number of aromatic nitrogens is 2. The van der Waals surface area contributed by atoms with Crippen LogP contribution in [0.4, 0.5) is 18.9 Å². The molecular formula is C25H22ClF3N4O2. The average Bonchev–Trinajstić information content (AvgIpc) is 3.30. The maximum absolute atomic E-state index is 12.5. The third-order valence-electron chi connectivity index (χ3n) is 5.01. The molecule has 0 aliphatic rings. The number of hydrogen-bond donors (Lipinski definition) is 3. The van der Waals surface area contributed by atoms with Gasteiger partial charge in [0, 0.05) is 11.3 Å². The highest BCUT2D eigenvalue weighted by Gasteiger charge is 2.31. The number of ether oxygens (including phenoxy) is 1. The standard InChI is InChI=1S/C25H21F3N4O2.ClH/c26-25(27,28)34-20-11-9-17(10-12-20)22-15-30-23(32-22)18-7-4-8-19(14-18)31-24(33)21(29)13-16-5-2-1-3-6-16;/h1-12,14-15,21H,13,29H2,(H,30,32)(H,31,33);1H/t21-;/m0./s1. The Morgan fingerprint density at radius 3 is 2.40 bits per heavy atom. The minimum atomic E-state index is -4.74. The van der Waals surface area contributed by atoms with E-state index in [1.165, 1.54) is 24.3 Å². The van der Waals surface area contributed by atoms with Gasteiger partial charge in [0.25, 0.3) is 0 Å². The molecule has 1 heterocycles. The van der Waals surface area contributed by atoms with Gasteiger partial charge in [0.15, 0.2) is 0 Å². The van der Waals surface area contributed by atoms with Crippen LogP contribution >= 0.6 is 12.4 Å². The Kier molecular flexibility index (Phi) is 8.16. The lowest BCUT2D eigenvalue weighted by molar-refractivity contribution is -0.274. The lowest BCUT2D eigenvalue weighted by Gasteiger charge is -2.13. The summed E-state index contributed by atoms with van der Waals surface area (Å²) in [6.45, 7) is 0. The number of anilines is 1. The second-order valence-electron chi connectivity index (χ2n) is 7.58. The summed E-state index contributed by atoms with van der Waals surface area (Å²) >= 11 is 0. The summed E-state index contributed by atoms with van der Waals surface area (Å²) in [6.07, 6.45) is -2.74. The predicted octanol–water partition coefficient (Wildman–Crippen LogP) is 5.57. The number of H-pyrrole nitrogens is 1. The minimum absolute atomic E-state index is 0. The van der Waals surface area contributed by atoms with Gasteiger partial charge in [-0.15, -0.1) is 25.6 Å². The largest absolute Gasteiger partial charge is 0.573 e. The van der Waals surface area contributed by atoms with Gasteiger partial charge in [0.2, 0.25) is 5.91 Å². The molecule has 0 spiro atoms. The average molecular weight is 503 g/mol. The molecule has 0 aliphatic carbocycles. The molecule has 182 valence electrons. The van der Waals surface area contributed by atoms with Gasteiger partial charge in [-0.2, -0.15) is 0 Å². The van der Waals surface area contributed by atoms with Crippen LogP contribution in [-0.2, 0) is 11.2 Å². The highest BCUT2D eigenvalue weighted by atomic mass is 35.5. The summed E-state index contributed by atoms with van der Waals surface area (Å²) in [5.41, 5.74) is 9.58. The summed E-state index contributed by atoms with van der Waals surface area (Å²) < 4.78 is 40.9. The molecular weight excluding hydrogens is 481 g/mol. The molecule has 1 aromatic heterocycles. The summed E-state index contributed by atoms with van der Waals surface area (Å²) in [5, 5.41) is 2.82. The maximum atomic E-state index is 12.5. The van der Waals surface area contributed by atoms with E-state index in [2.05, 4.69) is 20.0 Å². The number of carbonyl (C=O) groups excluding carboxylic acids is 1. The zero-order valence-electron chi connectivity index (χ0n) is 18.3. The third kappa shape index (κ3) is 7.08. The van der Waals surface area contributed by atoms with Gasteiger partial charge >= 0.3 is 6.36 Å². The van der Waals surface area contributed by atoms with Crippen LogP contribution in [0.5, 0.6) is 5.75 Å². The van der Waals surface area contributed by atoms with Gasteiger partial charge in [0.05, 0.1) is 17.9 Å². The van der Waals surface area contributed by atoms with Crippen LogP contribution in [0.2, 0.25) is 0 Å². The monoisotopic (exact) mass is 502 g/mol. The van der Waals surface area contributed by atoms with Crippen molar-refractivity contribution >= 4 is 24.0 Å². The second-order valence-corrected chi connectivity index (χ2v) is 7.58. The maximum Gasteiger partial charge on any atom is 0.573 e. The van der Waals surface area contributed by atoms with Crippen molar-refractivity contribution in [2.45, 2.75) is 18.8 Å². The first-order chi connectivity index (χ1) is 16.3. The molecule has 6 nitrogen and oxygen atoms in total. The van der Waals surface area contributed by atoms with Crippen molar-refractivity contribution in [3.05, 3.63) is 90.6 Å². The first kappa shape index (κ1) is 25.8. The summed E-state index contributed by atoms with van der Waals surface area (Å²) in [4.78, 5) is 20.0. The number of amides is 1. The van der Waals surface area contributed by atoms with Gasteiger partial charge in [0.1, 0.15) is 11.6 Å². The summed E-state index contributed by atoms with van der Waals surface area (Å²) in [5.74, 6) is -0.0671. The number of nitrogens with two attached hydrogens (primary N) is 1. The highest BCUT2D eigenvalue weighted by molar-refractivity contribution is 5.95. The number of halogens is 4. The molecule has 4 N–H and O–H groups in total. The Labute approximate surface area is 205 Å². The van der Waals surface area contributed by atoms with Gasteiger partial charge in [-0.05, 0) is 53.9 Å². The first-order valence-corrected chi connectivity index (χ1v) is 10.4. The Bertz CT molecular complexity index is 1260. The van der Waals surface area contributed by atoms with E-state index in [0.717, 1.165) is 11.1 Å². The lowest BCUT2D eigenvalue weighted by Crippen LogP contribution is -2.37. The van der Waals surface area contributed by atoms with Crippen LogP contribution in [0.3, 0.4) is 0 Å². The van der Waals surface area contributed by atoms with Crippen LogP contribution in [0, 0.1) is 0 Å². The fraction of sp³-hybridized carbons (Fsp3) is 0.120. The molecule has 0 radical (unpaired) electrons. The Morgan fingerprint density at radius 1 is 1.00 bits per heavy atom. The number of benzene rings is 3. The smallest absolute Gasteiger partial charge is 0.406 e. The normalized spacial score (nSPS) is 11.9. The summed E-state index contributed by atoms with van der Waals surface area (Å²) in [7, 11) is 0. The van der Waals surface area contributed by atoms with Crippen molar-refractivity contribution in [1.82, 2.24) is 9.97 Å². The van der Waals surface area contributed by atoms with E-state index in [0.29, 0.717) is 29.2 Å². The summed E-state index contributed by atoms with van der Waals surface area (Å²) in [6, 6.07) is 21.4. The van der Waals surface area contributed by atoms with E-state index in [-0.39, 0.29) is 24.1 Å². The zero-order valence-corrected chi connectivity index (χ0v) is 19.1. The Morgan fingerprint density at radius 2 is 1.71 bits per heavy atom. The molecule has 35 heavy (non-hydrogen) atoms. The topological polar surface area (TPSA) is 93.0 Å². The first-order valence-electron chi connectivity index (χ1n) is 10.4. The Balaban J connectivity index is 0.00000342. The van der Waals surface area contributed by atoms with Crippen molar-refractivity contribution < 1.29 is 22.7 Å². The van der Waals surface area contributed by atoms with Crippen LogP contribution in [0.1, 0.15) is 5.56 Å². The van der Waals surface area contributed by atoms with E-state index >= 15 is 0 Å². The molecule has 10 heteroatoms. The van der Waals surface area contributed by atoms with Gasteiger partial charge < -0.3 is 20.8 Å². The SMILES string of the molecule is Cl.N[C@@H](Cc1ccccc1)C(=O)Nc1cccc(-c2ncc(-c3ccc(OC(F)(F)F)cc3)[nH]2)c1. The van der Waals surface area contributed by atoms with E-state index in [1.54, 1.807) is 24.4 Å². The molecule has 0 fully saturated rings.